The third kappa shape index (κ3) is 3.38. The van der Waals surface area contributed by atoms with Crippen LogP contribution in [0.15, 0.2) is 23.9 Å². The van der Waals surface area contributed by atoms with Crippen molar-refractivity contribution in [1.82, 2.24) is 4.90 Å². The Morgan fingerprint density at radius 1 is 1.50 bits per heavy atom. The Kier molecular flexibility index (Phi) is 5.10. The Morgan fingerprint density at radius 3 is 2.93 bits per heavy atom. The molecule has 14 heavy (non-hydrogen) atoms. The smallest absolute Gasteiger partial charge is 0.0271 e. The van der Waals surface area contributed by atoms with Crippen LogP contribution in [0.1, 0.15) is 26.7 Å². The van der Waals surface area contributed by atoms with Crippen molar-refractivity contribution in [3.63, 3.8) is 0 Å². The molecule has 1 atom stereocenters. The van der Waals surface area contributed by atoms with Gasteiger partial charge in [-0.25, -0.2) is 0 Å². The number of hydrogen-bond acceptors (Lipinski definition) is 1. The maximum atomic E-state index is 5.95. The highest BCUT2D eigenvalue weighted by Crippen LogP contribution is 2.15. The van der Waals surface area contributed by atoms with Crippen LogP contribution in [0.2, 0.25) is 0 Å². The van der Waals surface area contributed by atoms with E-state index in [-0.39, 0.29) is 0 Å². The molecule has 0 bridgehead atoms. The summed E-state index contributed by atoms with van der Waals surface area (Å²) in [6, 6.07) is 0. The predicted molar refractivity (Wildman–Crippen MR) is 63.6 cm³/mol. The van der Waals surface area contributed by atoms with Gasteiger partial charge in [-0.2, -0.15) is 0 Å². The molecule has 0 aromatic heterocycles. The Morgan fingerprint density at radius 2 is 2.29 bits per heavy atom. The van der Waals surface area contributed by atoms with Gasteiger partial charge in [-0.05, 0) is 32.6 Å². The predicted octanol–water partition coefficient (Wildman–Crippen LogP) is 3.42. The average Bonchev–Trinajstić information content (AvgIpc) is 2.29. The largest absolute Gasteiger partial charge is 0.375 e. The molecule has 0 aromatic rings. The van der Waals surface area contributed by atoms with Crippen LogP contribution < -0.4 is 0 Å². The Balaban J connectivity index is 2.69. The molecule has 0 saturated carbocycles. The van der Waals surface area contributed by atoms with Crippen molar-refractivity contribution in [2.75, 3.05) is 19.0 Å². The van der Waals surface area contributed by atoms with Gasteiger partial charge in [0, 0.05) is 24.7 Å². The van der Waals surface area contributed by atoms with Crippen LogP contribution in [0.3, 0.4) is 0 Å². The fourth-order valence-electron chi connectivity index (χ4n) is 1.77. The highest BCUT2D eigenvalue weighted by Gasteiger charge is 2.12. The molecule has 1 unspecified atom stereocenters. The maximum Gasteiger partial charge on any atom is 0.0271 e. The van der Waals surface area contributed by atoms with Gasteiger partial charge in [-0.3, -0.25) is 0 Å². The highest BCUT2D eigenvalue weighted by atomic mass is 35.5. The molecule has 0 amide bonds. The number of halogens is 1. The molecule has 0 fully saturated rings. The van der Waals surface area contributed by atoms with Crippen LogP contribution in [0.4, 0.5) is 0 Å². The van der Waals surface area contributed by atoms with Gasteiger partial charge in [-0.15, -0.1) is 11.6 Å². The molecule has 0 saturated heterocycles. The van der Waals surface area contributed by atoms with Gasteiger partial charge in [-0.1, -0.05) is 18.2 Å². The minimum atomic E-state index is 0.592. The fraction of sp³-hybridized carbons (Fsp3) is 0.667. The van der Waals surface area contributed by atoms with Gasteiger partial charge < -0.3 is 4.90 Å². The van der Waals surface area contributed by atoms with Crippen LogP contribution in [-0.4, -0.2) is 23.9 Å². The Hall–Kier alpha value is -0.430. The average molecular weight is 214 g/mol. The van der Waals surface area contributed by atoms with E-state index < -0.39 is 0 Å². The molecule has 1 aliphatic heterocycles. The lowest BCUT2D eigenvalue weighted by Gasteiger charge is -2.27. The number of rotatable bonds is 2. The Bertz CT molecular complexity index is 220. The summed E-state index contributed by atoms with van der Waals surface area (Å²) in [7, 11) is 0. The van der Waals surface area contributed by atoms with Crippen molar-refractivity contribution in [2.45, 2.75) is 26.7 Å². The van der Waals surface area contributed by atoms with Crippen molar-refractivity contribution in [3.05, 3.63) is 23.9 Å². The summed E-state index contributed by atoms with van der Waals surface area (Å²) in [6.07, 6.45) is 8.95. The molecule has 1 nitrogen and oxygen atoms in total. The number of alkyl halides is 1. The molecular formula is C12H20ClN. The first-order valence-electron chi connectivity index (χ1n) is 5.40. The molecule has 80 valence electrons. The second-order valence-electron chi connectivity index (χ2n) is 3.85. The Labute approximate surface area is 92.4 Å². The van der Waals surface area contributed by atoms with Crippen molar-refractivity contribution < 1.29 is 0 Å². The lowest BCUT2D eigenvalue weighted by molar-refractivity contribution is 0.311. The van der Waals surface area contributed by atoms with Gasteiger partial charge in [0.2, 0.25) is 0 Å². The van der Waals surface area contributed by atoms with Crippen molar-refractivity contribution in [2.24, 2.45) is 5.92 Å². The second-order valence-corrected chi connectivity index (χ2v) is 4.16. The van der Waals surface area contributed by atoms with Crippen LogP contribution in [0, 0.1) is 5.92 Å². The molecule has 1 heterocycles. The molecule has 0 aliphatic carbocycles. The van der Waals surface area contributed by atoms with Crippen molar-refractivity contribution >= 4 is 11.6 Å². The molecule has 0 N–H and O–H groups in total. The van der Waals surface area contributed by atoms with E-state index in [1.807, 2.05) is 0 Å². The summed E-state index contributed by atoms with van der Waals surface area (Å²) < 4.78 is 0. The summed E-state index contributed by atoms with van der Waals surface area (Å²) >= 11 is 5.95. The second kappa shape index (κ2) is 6.13. The van der Waals surface area contributed by atoms with Crippen molar-refractivity contribution in [3.8, 4) is 0 Å². The van der Waals surface area contributed by atoms with Crippen LogP contribution in [0.5, 0.6) is 0 Å². The van der Waals surface area contributed by atoms with Gasteiger partial charge >= 0.3 is 0 Å². The lowest BCUT2D eigenvalue weighted by atomic mass is 10.1. The molecule has 0 radical (unpaired) electrons. The van der Waals surface area contributed by atoms with E-state index in [1.165, 1.54) is 5.70 Å². The third-order valence-corrected chi connectivity index (χ3v) is 3.20. The monoisotopic (exact) mass is 213 g/mol. The maximum absolute atomic E-state index is 5.95. The molecule has 1 aliphatic rings. The zero-order valence-corrected chi connectivity index (χ0v) is 9.93. The van der Waals surface area contributed by atoms with E-state index in [0.29, 0.717) is 5.92 Å². The van der Waals surface area contributed by atoms with Crippen LogP contribution in [-0.2, 0) is 0 Å². The SMILES string of the molecule is CCN1CC(CCl)C/C=C/CC=C1C. The van der Waals surface area contributed by atoms with Crippen molar-refractivity contribution in [1.29, 1.82) is 0 Å². The third-order valence-electron chi connectivity index (χ3n) is 2.76. The summed E-state index contributed by atoms with van der Waals surface area (Å²) in [6.45, 7) is 6.56. The topological polar surface area (TPSA) is 3.24 Å². The number of allylic oxidation sites excluding steroid dienone is 4. The van der Waals surface area contributed by atoms with E-state index in [0.717, 1.165) is 31.8 Å². The summed E-state index contributed by atoms with van der Waals surface area (Å²) in [5, 5.41) is 0. The highest BCUT2D eigenvalue weighted by molar-refractivity contribution is 6.18. The van der Waals surface area contributed by atoms with E-state index in [1.54, 1.807) is 0 Å². The lowest BCUT2D eigenvalue weighted by Crippen LogP contribution is -2.28. The fourth-order valence-corrected chi connectivity index (χ4v) is 2.00. The number of hydrogen-bond donors (Lipinski definition) is 0. The van der Waals surface area contributed by atoms with Crippen LogP contribution in [0.25, 0.3) is 0 Å². The first-order chi connectivity index (χ1) is 6.77. The first kappa shape index (κ1) is 11.6. The van der Waals surface area contributed by atoms with Crippen LogP contribution >= 0.6 is 11.6 Å². The van der Waals surface area contributed by atoms with E-state index in [4.69, 9.17) is 11.6 Å². The van der Waals surface area contributed by atoms with Gasteiger partial charge in [0.25, 0.3) is 0 Å². The molecular weight excluding hydrogens is 194 g/mol. The minimum Gasteiger partial charge on any atom is -0.375 e. The van der Waals surface area contributed by atoms with Gasteiger partial charge in [0.15, 0.2) is 0 Å². The summed E-state index contributed by atoms with van der Waals surface area (Å²) in [4.78, 5) is 2.42. The van der Waals surface area contributed by atoms with Gasteiger partial charge in [0.05, 0.1) is 0 Å². The molecule has 0 spiro atoms. The standard InChI is InChI=1S/C12H20ClN/c1-3-14-10-12(9-13)8-6-4-5-7-11(14)2/h4,6-7,12H,3,5,8-10H2,1-2H3/b6-4+,11-7?. The zero-order valence-electron chi connectivity index (χ0n) is 9.17. The van der Waals surface area contributed by atoms with E-state index in [9.17, 15) is 0 Å². The van der Waals surface area contributed by atoms with E-state index >= 15 is 0 Å². The van der Waals surface area contributed by atoms with E-state index in [2.05, 4.69) is 37.0 Å². The quantitative estimate of drug-likeness (QED) is 0.502. The molecule has 0 aromatic carbocycles. The summed E-state index contributed by atoms with van der Waals surface area (Å²) in [5.41, 5.74) is 1.38. The molecule has 2 heteroatoms. The number of nitrogens with zero attached hydrogens (tertiary/aromatic N) is 1. The zero-order chi connectivity index (χ0) is 10.4. The van der Waals surface area contributed by atoms with Gasteiger partial charge in [0.1, 0.15) is 0 Å². The normalized spacial score (nSPS) is 26.1. The minimum absolute atomic E-state index is 0.592. The summed E-state index contributed by atoms with van der Waals surface area (Å²) in [5.74, 6) is 1.35. The molecule has 1 rings (SSSR count). The first-order valence-corrected chi connectivity index (χ1v) is 5.94.